The van der Waals surface area contributed by atoms with E-state index in [-0.39, 0.29) is 6.61 Å². The topological polar surface area (TPSA) is 98.0 Å². The lowest BCUT2D eigenvalue weighted by molar-refractivity contribution is 0.271. The molecule has 2 N–H and O–H groups in total. The first-order chi connectivity index (χ1) is 14.3. The number of hydrogen-bond donors (Lipinski definition) is 2. The number of nitrogens with one attached hydrogen (secondary N) is 1. The Balaban J connectivity index is 1.48. The van der Waals surface area contributed by atoms with Crippen LogP contribution in [0.25, 0.3) is 22.3 Å². The molecule has 8 nitrogen and oxygen atoms in total. The minimum absolute atomic E-state index is 0.0238. The van der Waals surface area contributed by atoms with Crippen LogP contribution in [0.5, 0.6) is 5.75 Å². The van der Waals surface area contributed by atoms with Crippen molar-refractivity contribution in [2.75, 3.05) is 25.6 Å². The van der Waals surface area contributed by atoms with Crippen molar-refractivity contribution >= 4 is 16.9 Å². The average molecular weight is 390 g/mol. The molecule has 0 saturated heterocycles. The summed E-state index contributed by atoms with van der Waals surface area (Å²) in [5.74, 6) is 1.64. The SMILES string of the molecule is COc1ccccc1CCNc1cc(-c2cnc3c(cnn3CCO)c2)ncn1. The summed E-state index contributed by atoms with van der Waals surface area (Å²) in [6.07, 6.45) is 5.87. The molecule has 4 aromatic rings. The molecule has 3 aromatic heterocycles. The molecular formula is C21H22N6O2. The molecule has 0 spiro atoms. The second-order valence-electron chi connectivity index (χ2n) is 6.51. The molecule has 29 heavy (non-hydrogen) atoms. The number of nitrogens with zero attached hydrogens (tertiary/aromatic N) is 5. The van der Waals surface area contributed by atoms with Crippen LogP contribution < -0.4 is 10.1 Å². The van der Waals surface area contributed by atoms with Crippen LogP contribution >= 0.6 is 0 Å². The second kappa shape index (κ2) is 8.66. The Hall–Kier alpha value is -3.52. The predicted octanol–water partition coefficient (Wildman–Crippen LogP) is 2.54. The summed E-state index contributed by atoms with van der Waals surface area (Å²) in [4.78, 5) is 13.2. The Morgan fingerprint density at radius 1 is 1.10 bits per heavy atom. The summed E-state index contributed by atoms with van der Waals surface area (Å²) >= 11 is 0. The lowest BCUT2D eigenvalue weighted by Gasteiger charge is -2.10. The van der Waals surface area contributed by atoms with Gasteiger partial charge in [0, 0.05) is 29.8 Å². The Bertz CT molecular complexity index is 1110. The van der Waals surface area contributed by atoms with Gasteiger partial charge in [-0.2, -0.15) is 5.10 Å². The van der Waals surface area contributed by atoms with Crippen LogP contribution in [0.3, 0.4) is 0 Å². The van der Waals surface area contributed by atoms with Gasteiger partial charge < -0.3 is 15.2 Å². The molecule has 0 aliphatic heterocycles. The standard InChI is InChI=1S/C21H22N6O2/c1-29-19-5-3-2-4-15(19)6-7-22-20-11-18(24-14-25-20)16-10-17-13-26-27(8-9-28)21(17)23-12-16/h2-5,10-14,28H,6-9H2,1H3,(H,22,24,25). The summed E-state index contributed by atoms with van der Waals surface area (Å²) in [7, 11) is 1.68. The van der Waals surface area contributed by atoms with E-state index >= 15 is 0 Å². The van der Waals surface area contributed by atoms with Gasteiger partial charge in [-0.1, -0.05) is 18.2 Å². The third kappa shape index (κ3) is 4.17. The van der Waals surface area contributed by atoms with Crippen molar-refractivity contribution in [3.8, 4) is 17.0 Å². The van der Waals surface area contributed by atoms with E-state index in [2.05, 4.69) is 31.4 Å². The number of aliphatic hydroxyl groups is 1. The van der Waals surface area contributed by atoms with Gasteiger partial charge in [0.05, 0.1) is 32.2 Å². The van der Waals surface area contributed by atoms with Crippen molar-refractivity contribution in [2.45, 2.75) is 13.0 Å². The quantitative estimate of drug-likeness (QED) is 0.477. The summed E-state index contributed by atoms with van der Waals surface area (Å²) in [5.41, 5.74) is 3.55. The van der Waals surface area contributed by atoms with Crippen LogP contribution in [0, 0.1) is 0 Å². The van der Waals surface area contributed by atoms with E-state index in [0.29, 0.717) is 6.54 Å². The normalized spacial score (nSPS) is 11.0. The molecule has 4 rings (SSSR count). The number of aromatic nitrogens is 5. The van der Waals surface area contributed by atoms with Gasteiger partial charge >= 0.3 is 0 Å². The number of pyridine rings is 1. The highest BCUT2D eigenvalue weighted by Crippen LogP contribution is 2.23. The zero-order valence-electron chi connectivity index (χ0n) is 16.1. The first-order valence-corrected chi connectivity index (χ1v) is 9.39. The number of anilines is 1. The van der Waals surface area contributed by atoms with Crippen molar-refractivity contribution in [3.63, 3.8) is 0 Å². The monoisotopic (exact) mass is 390 g/mol. The number of aliphatic hydroxyl groups excluding tert-OH is 1. The van der Waals surface area contributed by atoms with Gasteiger partial charge in [0.2, 0.25) is 0 Å². The molecular weight excluding hydrogens is 368 g/mol. The lowest BCUT2D eigenvalue weighted by atomic mass is 10.1. The molecule has 3 heterocycles. The predicted molar refractivity (Wildman–Crippen MR) is 111 cm³/mol. The Morgan fingerprint density at radius 3 is 2.86 bits per heavy atom. The summed E-state index contributed by atoms with van der Waals surface area (Å²) in [6, 6.07) is 11.9. The number of hydrogen-bond acceptors (Lipinski definition) is 7. The maximum atomic E-state index is 9.11. The van der Waals surface area contributed by atoms with Crippen molar-refractivity contribution in [1.82, 2.24) is 24.7 Å². The number of fused-ring (bicyclic) bond motifs is 1. The van der Waals surface area contributed by atoms with Crippen LogP contribution in [0.1, 0.15) is 5.56 Å². The molecule has 1 aromatic carbocycles. The Morgan fingerprint density at radius 2 is 2.00 bits per heavy atom. The third-order valence-electron chi connectivity index (χ3n) is 4.64. The van der Waals surface area contributed by atoms with E-state index in [1.54, 1.807) is 30.5 Å². The van der Waals surface area contributed by atoms with Crippen LogP contribution in [0.2, 0.25) is 0 Å². The van der Waals surface area contributed by atoms with Crippen LogP contribution in [-0.2, 0) is 13.0 Å². The highest BCUT2D eigenvalue weighted by Gasteiger charge is 2.08. The molecule has 0 saturated carbocycles. The molecule has 0 amide bonds. The Kier molecular flexibility index (Phi) is 5.62. The van der Waals surface area contributed by atoms with Gasteiger partial charge in [0.25, 0.3) is 0 Å². The van der Waals surface area contributed by atoms with Crippen molar-refractivity contribution < 1.29 is 9.84 Å². The average Bonchev–Trinajstić information content (AvgIpc) is 3.17. The van der Waals surface area contributed by atoms with Crippen molar-refractivity contribution in [2.24, 2.45) is 0 Å². The van der Waals surface area contributed by atoms with E-state index in [9.17, 15) is 0 Å². The molecule has 148 valence electrons. The number of methoxy groups -OCH3 is 1. The summed E-state index contributed by atoms with van der Waals surface area (Å²) < 4.78 is 7.08. The van der Waals surface area contributed by atoms with Crippen molar-refractivity contribution in [3.05, 3.63) is 60.7 Å². The molecule has 0 bridgehead atoms. The van der Waals surface area contributed by atoms with Gasteiger partial charge in [-0.3, -0.25) is 0 Å². The highest BCUT2D eigenvalue weighted by molar-refractivity contribution is 5.80. The van der Waals surface area contributed by atoms with E-state index < -0.39 is 0 Å². The van der Waals surface area contributed by atoms with E-state index in [0.717, 1.165) is 52.4 Å². The second-order valence-corrected chi connectivity index (χ2v) is 6.51. The molecule has 0 aliphatic rings. The van der Waals surface area contributed by atoms with Gasteiger partial charge in [-0.15, -0.1) is 0 Å². The fourth-order valence-electron chi connectivity index (χ4n) is 3.22. The summed E-state index contributed by atoms with van der Waals surface area (Å²) in [5, 5.41) is 17.6. The van der Waals surface area contributed by atoms with Gasteiger partial charge in [-0.05, 0) is 24.1 Å². The number of para-hydroxylation sites is 1. The number of ether oxygens (including phenoxy) is 1. The Labute approximate surface area is 168 Å². The first kappa shape index (κ1) is 18.8. The van der Waals surface area contributed by atoms with E-state index in [1.807, 2.05) is 30.3 Å². The molecule has 0 radical (unpaired) electrons. The third-order valence-corrected chi connectivity index (χ3v) is 4.64. The maximum Gasteiger partial charge on any atom is 0.157 e. The fraction of sp³-hybridized carbons (Fsp3) is 0.238. The largest absolute Gasteiger partial charge is 0.496 e. The highest BCUT2D eigenvalue weighted by atomic mass is 16.5. The fourth-order valence-corrected chi connectivity index (χ4v) is 3.22. The summed E-state index contributed by atoms with van der Waals surface area (Å²) in [6.45, 7) is 1.17. The maximum absolute atomic E-state index is 9.11. The van der Waals surface area contributed by atoms with Crippen molar-refractivity contribution in [1.29, 1.82) is 0 Å². The van der Waals surface area contributed by atoms with Crippen LogP contribution in [0.15, 0.2) is 55.1 Å². The molecule has 0 atom stereocenters. The number of benzene rings is 1. The van der Waals surface area contributed by atoms with E-state index in [4.69, 9.17) is 9.84 Å². The van der Waals surface area contributed by atoms with E-state index in [1.165, 1.54) is 0 Å². The molecule has 0 unspecified atom stereocenters. The molecule has 8 heteroatoms. The zero-order chi connectivity index (χ0) is 20.1. The molecule has 0 aliphatic carbocycles. The van der Waals surface area contributed by atoms with Gasteiger partial charge in [-0.25, -0.2) is 19.6 Å². The van der Waals surface area contributed by atoms with Crippen LogP contribution in [0.4, 0.5) is 5.82 Å². The smallest absolute Gasteiger partial charge is 0.157 e. The van der Waals surface area contributed by atoms with Gasteiger partial charge in [0.15, 0.2) is 5.65 Å². The first-order valence-electron chi connectivity index (χ1n) is 9.39. The molecule has 0 fully saturated rings. The lowest BCUT2D eigenvalue weighted by Crippen LogP contribution is -2.07. The van der Waals surface area contributed by atoms with Crippen LogP contribution in [-0.4, -0.2) is 50.1 Å². The zero-order valence-corrected chi connectivity index (χ0v) is 16.1. The van der Waals surface area contributed by atoms with Gasteiger partial charge in [0.1, 0.15) is 17.9 Å². The minimum atomic E-state index is 0.0238. The minimum Gasteiger partial charge on any atom is -0.496 e. The number of rotatable bonds is 8.